The van der Waals surface area contributed by atoms with Crippen LogP contribution >= 0.6 is 23.5 Å². The molecule has 0 amide bonds. The molecule has 3 unspecified atom stereocenters. The highest BCUT2D eigenvalue weighted by molar-refractivity contribution is 8.00. The van der Waals surface area contributed by atoms with Gasteiger partial charge in [-0.25, -0.2) is 0 Å². The highest BCUT2D eigenvalue weighted by Gasteiger charge is 2.40. The molecule has 2 nitrogen and oxygen atoms in total. The molecule has 2 heterocycles. The molecule has 4 heteroatoms. The van der Waals surface area contributed by atoms with E-state index in [0.29, 0.717) is 6.04 Å². The lowest BCUT2D eigenvalue weighted by Gasteiger charge is -2.37. The minimum atomic E-state index is 0.233. The van der Waals surface area contributed by atoms with E-state index in [9.17, 15) is 0 Å². The summed E-state index contributed by atoms with van der Waals surface area (Å²) in [6.45, 7) is 3.13. The van der Waals surface area contributed by atoms with E-state index in [2.05, 4.69) is 30.4 Å². The Morgan fingerprint density at radius 2 is 2.50 bits per heavy atom. The lowest BCUT2D eigenvalue weighted by atomic mass is 9.93. The maximum Gasteiger partial charge on any atom is 0.0790 e. The molecule has 0 aromatic rings. The highest BCUT2D eigenvalue weighted by atomic mass is 32.2. The zero-order chi connectivity index (χ0) is 11.4. The molecule has 2 aliphatic heterocycles. The van der Waals surface area contributed by atoms with Crippen LogP contribution in [0.1, 0.15) is 32.6 Å². The van der Waals surface area contributed by atoms with Gasteiger partial charge in [-0.1, -0.05) is 6.92 Å². The number of thioether (sulfide) groups is 2. The predicted molar refractivity (Wildman–Crippen MR) is 74.4 cm³/mol. The smallest absolute Gasteiger partial charge is 0.0790 e. The van der Waals surface area contributed by atoms with E-state index in [1.807, 2.05) is 0 Å². The molecule has 0 aliphatic carbocycles. The first-order chi connectivity index (χ1) is 7.74. The van der Waals surface area contributed by atoms with E-state index in [1.54, 1.807) is 0 Å². The normalized spacial score (nSPS) is 36.8. The van der Waals surface area contributed by atoms with Gasteiger partial charge < -0.3 is 10.5 Å². The van der Waals surface area contributed by atoms with E-state index >= 15 is 0 Å². The quantitative estimate of drug-likeness (QED) is 0.843. The van der Waals surface area contributed by atoms with Crippen LogP contribution in [-0.2, 0) is 4.74 Å². The van der Waals surface area contributed by atoms with Gasteiger partial charge in [-0.05, 0) is 31.4 Å². The second-order valence-corrected chi connectivity index (χ2v) is 7.39. The highest BCUT2D eigenvalue weighted by Crippen LogP contribution is 2.41. The molecule has 2 aliphatic rings. The van der Waals surface area contributed by atoms with Crippen molar-refractivity contribution in [2.75, 3.05) is 23.9 Å². The molecule has 3 atom stereocenters. The summed E-state index contributed by atoms with van der Waals surface area (Å²) in [5, 5.41) is 0.782. The van der Waals surface area contributed by atoms with E-state index in [1.165, 1.54) is 30.8 Å². The lowest BCUT2D eigenvalue weighted by Crippen LogP contribution is -2.41. The molecule has 0 saturated carbocycles. The van der Waals surface area contributed by atoms with Crippen molar-refractivity contribution in [1.82, 2.24) is 0 Å². The van der Waals surface area contributed by atoms with Gasteiger partial charge in [0.05, 0.1) is 5.60 Å². The lowest BCUT2D eigenvalue weighted by molar-refractivity contribution is -0.0562. The van der Waals surface area contributed by atoms with Crippen molar-refractivity contribution >= 4 is 23.5 Å². The third kappa shape index (κ3) is 3.31. The van der Waals surface area contributed by atoms with Crippen molar-refractivity contribution in [3.63, 3.8) is 0 Å². The van der Waals surface area contributed by atoms with Gasteiger partial charge in [-0.3, -0.25) is 0 Å². The topological polar surface area (TPSA) is 35.2 Å². The Morgan fingerprint density at radius 1 is 1.62 bits per heavy atom. The van der Waals surface area contributed by atoms with Crippen LogP contribution in [-0.4, -0.2) is 40.8 Å². The standard InChI is InChI=1S/C12H23NOS2/c1-2-10(13)8-16-11-3-5-14-12(7-11)4-6-15-9-12/h10-11H,2-9,13H2,1H3. The fourth-order valence-corrected chi connectivity index (χ4v) is 5.18. The molecule has 16 heavy (non-hydrogen) atoms. The molecule has 2 saturated heterocycles. The molecular weight excluding hydrogens is 238 g/mol. The van der Waals surface area contributed by atoms with Gasteiger partial charge >= 0.3 is 0 Å². The average molecular weight is 261 g/mol. The number of rotatable bonds is 4. The first-order valence-corrected chi connectivity index (χ1v) is 8.53. The van der Waals surface area contributed by atoms with Crippen molar-refractivity contribution < 1.29 is 4.74 Å². The van der Waals surface area contributed by atoms with Crippen LogP contribution in [0.2, 0.25) is 0 Å². The summed E-state index contributed by atoms with van der Waals surface area (Å²) in [6, 6.07) is 0.377. The van der Waals surface area contributed by atoms with Crippen LogP contribution in [0.4, 0.5) is 0 Å². The minimum Gasteiger partial charge on any atom is -0.374 e. The number of hydrogen-bond donors (Lipinski definition) is 1. The van der Waals surface area contributed by atoms with E-state index < -0.39 is 0 Å². The van der Waals surface area contributed by atoms with Crippen LogP contribution in [0.5, 0.6) is 0 Å². The van der Waals surface area contributed by atoms with Crippen LogP contribution < -0.4 is 5.73 Å². The first kappa shape index (κ1) is 13.1. The number of nitrogens with two attached hydrogens (primary N) is 1. The zero-order valence-corrected chi connectivity index (χ0v) is 11.7. The predicted octanol–water partition coefficient (Wildman–Crippen LogP) is 2.51. The maximum absolute atomic E-state index is 6.02. The number of ether oxygens (including phenoxy) is 1. The largest absolute Gasteiger partial charge is 0.374 e. The molecule has 2 rings (SSSR count). The van der Waals surface area contributed by atoms with E-state index in [-0.39, 0.29) is 5.60 Å². The third-order valence-corrected chi connectivity index (χ3v) is 6.30. The molecule has 1 spiro atoms. The molecule has 0 aromatic carbocycles. The summed E-state index contributed by atoms with van der Waals surface area (Å²) in [5.41, 5.74) is 6.21. The second-order valence-electron chi connectivity index (χ2n) is 4.95. The van der Waals surface area contributed by atoms with Crippen LogP contribution in [0.25, 0.3) is 0 Å². The summed E-state index contributed by atoms with van der Waals surface area (Å²) >= 11 is 4.13. The Labute approximate surface area is 107 Å². The van der Waals surface area contributed by atoms with Gasteiger partial charge in [0, 0.05) is 29.4 Å². The van der Waals surface area contributed by atoms with Crippen molar-refractivity contribution in [3.05, 3.63) is 0 Å². The summed E-state index contributed by atoms with van der Waals surface area (Å²) in [5.74, 6) is 3.61. The average Bonchev–Trinajstić information content (AvgIpc) is 2.74. The Balaban J connectivity index is 1.78. The Hall–Kier alpha value is 0.620. The van der Waals surface area contributed by atoms with Gasteiger partial charge in [0.2, 0.25) is 0 Å². The Morgan fingerprint density at radius 3 is 3.19 bits per heavy atom. The summed E-state index contributed by atoms with van der Waals surface area (Å²) < 4.78 is 6.02. The number of hydrogen-bond acceptors (Lipinski definition) is 4. The summed E-state index contributed by atoms with van der Waals surface area (Å²) in [6.07, 6.45) is 4.82. The van der Waals surface area contributed by atoms with Crippen LogP contribution in [0.3, 0.4) is 0 Å². The van der Waals surface area contributed by atoms with Crippen molar-refractivity contribution in [1.29, 1.82) is 0 Å². The summed E-state index contributed by atoms with van der Waals surface area (Å²) in [4.78, 5) is 0. The van der Waals surface area contributed by atoms with Gasteiger partial charge in [0.15, 0.2) is 0 Å². The zero-order valence-electron chi connectivity index (χ0n) is 10.1. The molecule has 94 valence electrons. The fourth-order valence-electron chi connectivity index (χ4n) is 2.37. The molecule has 0 radical (unpaired) electrons. The fraction of sp³-hybridized carbons (Fsp3) is 1.00. The Kier molecular flexibility index (Phi) is 4.89. The van der Waals surface area contributed by atoms with E-state index in [0.717, 1.165) is 24.0 Å². The Bertz CT molecular complexity index is 219. The third-order valence-electron chi connectivity index (χ3n) is 3.59. The SMILES string of the molecule is CCC(N)CSC1CCOC2(CCSC2)C1. The molecular formula is C12H23NOS2. The molecule has 2 fully saturated rings. The molecule has 0 bridgehead atoms. The van der Waals surface area contributed by atoms with Crippen molar-refractivity contribution in [2.24, 2.45) is 5.73 Å². The van der Waals surface area contributed by atoms with Crippen LogP contribution in [0, 0.1) is 0 Å². The van der Waals surface area contributed by atoms with E-state index in [4.69, 9.17) is 10.5 Å². The minimum absolute atomic E-state index is 0.233. The summed E-state index contributed by atoms with van der Waals surface area (Å²) in [7, 11) is 0. The first-order valence-electron chi connectivity index (χ1n) is 6.33. The molecule has 0 aromatic heterocycles. The maximum atomic E-state index is 6.02. The van der Waals surface area contributed by atoms with Gasteiger partial charge in [-0.15, -0.1) is 0 Å². The van der Waals surface area contributed by atoms with Gasteiger partial charge in [-0.2, -0.15) is 23.5 Å². The monoisotopic (exact) mass is 261 g/mol. The van der Waals surface area contributed by atoms with Crippen molar-refractivity contribution in [2.45, 2.75) is 49.5 Å². The molecule has 2 N–H and O–H groups in total. The van der Waals surface area contributed by atoms with Gasteiger partial charge in [0.1, 0.15) is 0 Å². The van der Waals surface area contributed by atoms with Crippen LogP contribution in [0.15, 0.2) is 0 Å². The van der Waals surface area contributed by atoms with Crippen molar-refractivity contribution in [3.8, 4) is 0 Å². The second kappa shape index (κ2) is 5.98. The van der Waals surface area contributed by atoms with Gasteiger partial charge in [0.25, 0.3) is 0 Å².